The van der Waals surface area contributed by atoms with Gasteiger partial charge in [0.1, 0.15) is 5.69 Å². The molecule has 1 aromatic heterocycles. The number of hydrogen-bond donors (Lipinski definition) is 2. The minimum atomic E-state index is -0.426. The maximum absolute atomic E-state index is 12.0. The Balaban J connectivity index is 1.54. The highest BCUT2D eigenvalue weighted by Crippen LogP contribution is 2.22. The van der Waals surface area contributed by atoms with E-state index in [9.17, 15) is 9.59 Å². The lowest BCUT2D eigenvalue weighted by atomic mass is 9.90. The van der Waals surface area contributed by atoms with Crippen molar-refractivity contribution < 1.29 is 9.59 Å². The highest BCUT2D eigenvalue weighted by molar-refractivity contribution is 5.93. The summed E-state index contributed by atoms with van der Waals surface area (Å²) >= 11 is 0. The van der Waals surface area contributed by atoms with Crippen LogP contribution in [0.1, 0.15) is 40.0 Å². The summed E-state index contributed by atoms with van der Waals surface area (Å²) in [7, 11) is 0. The molecule has 2 amide bonds. The van der Waals surface area contributed by atoms with Gasteiger partial charge >= 0.3 is 0 Å². The molecular weight excluding hydrogens is 290 g/mol. The van der Waals surface area contributed by atoms with Gasteiger partial charge in [0.05, 0.1) is 6.42 Å². The van der Waals surface area contributed by atoms with E-state index in [2.05, 4.69) is 28.0 Å². The summed E-state index contributed by atoms with van der Waals surface area (Å²) in [5, 5.41) is 0. The van der Waals surface area contributed by atoms with E-state index in [1.165, 1.54) is 30.2 Å². The van der Waals surface area contributed by atoms with Gasteiger partial charge in [-0.1, -0.05) is 24.3 Å². The molecular formula is C18H19N3O2. The van der Waals surface area contributed by atoms with Crippen LogP contribution >= 0.6 is 0 Å². The molecule has 5 nitrogen and oxygen atoms in total. The molecule has 0 unspecified atom stereocenters. The van der Waals surface area contributed by atoms with Crippen molar-refractivity contribution in [3.05, 3.63) is 65.0 Å². The van der Waals surface area contributed by atoms with E-state index in [4.69, 9.17) is 0 Å². The molecule has 2 N–H and O–H groups in total. The molecule has 0 aliphatic heterocycles. The van der Waals surface area contributed by atoms with Gasteiger partial charge in [0.2, 0.25) is 5.91 Å². The maximum atomic E-state index is 12.0. The average Bonchev–Trinajstić information content (AvgIpc) is 2.60. The Morgan fingerprint density at radius 2 is 1.83 bits per heavy atom. The normalized spacial score (nSPS) is 13.0. The molecule has 118 valence electrons. The molecule has 1 aliphatic rings. The third-order valence-corrected chi connectivity index (χ3v) is 3.99. The first-order valence-corrected chi connectivity index (χ1v) is 7.83. The summed E-state index contributed by atoms with van der Waals surface area (Å²) in [6.07, 6.45) is 6.44. The largest absolute Gasteiger partial charge is 0.288 e. The predicted octanol–water partition coefficient (Wildman–Crippen LogP) is 1.96. The Morgan fingerprint density at radius 1 is 1.00 bits per heavy atom. The molecule has 0 radical (unpaired) electrons. The number of pyridine rings is 1. The second-order valence-corrected chi connectivity index (χ2v) is 5.70. The summed E-state index contributed by atoms with van der Waals surface area (Å²) in [4.78, 5) is 27.7. The number of fused-ring (bicyclic) bond motifs is 1. The second-order valence-electron chi connectivity index (χ2n) is 5.70. The standard InChI is InChI=1S/C18H19N3O2/c22-17(20-21-18(23)16-7-3-4-10-19-16)12-13-8-9-14-5-1-2-6-15(14)11-13/h3-4,7-11H,1-2,5-6,12H2,(H,20,22)(H,21,23). The van der Waals surface area contributed by atoms with Crippen molar-refractivity contribution in [3.8, 4) is 0 Å². The van der Waals surface area contributed by atoms with E-state index in [0.29, 0.717) is 0 Å². The van der Waals surface area contributed by atoms with Crippen LogP contribution in [0.15, 0.2) is 42.6 Å². The molecule has 1 heterocycles. The molecule has 0 spiro atoms. The van der Waals surface area contributed by atoms with Gasteiger partial charge in [-0.25, -0.2) is 0 Å². The third-order valence-electron chi connectivity index (χ3n) is 3.99. The van der Waals surface area contributed by atoms with Gasteiger partial charge in [0.15, 0.2) is 0 Å². The average molecular weight is 309 g/mol. The summed E-state index contributed by atoms with van der Waals surface area (Å²) < 4.78 is 0. The molecule has 1 aliphatic carbocycles. The third kappa shape index (κ3) is 3.94. The Bertz CT molecular complexity index is 713. The van der Waals surface area contributed by atoms with Crippen molar-refractivity contribution in [1.29, 1.82) is 0 Å². The van der Waals surface area contributed by atoms with E-state index in [1.807, 2.05) is 6.07 Å². The molecule has 0 fully saturated rings. The molecule has 23 heavy (non-hydrogen) atoms. The highest BCUT2D eigenvalue weighted by Gasteiger charge is 2.12. The first-order chi connectivity index (χ1) is 11.2. The zero-order valence-electron chi connectivity index (χ0n) is 12.8. The Morgan fingerprint density at radius 3 is 2.61 bits per heavy atom. The number of aromatic nitrogens is 1. The minimum Gasteiger partial charge on any atom is -0.273 e. The Kier molecular flexibility index (Phi) is 4.66. The van der Waals surface area contributed by atoms with E-state index in [-0.39, 0.29) is 18.0 Å². The summed E-state index contributed by atoms with van der Waals surface area (Å²) in [6, 6.07) is 11.2. The molecule has 1 aromatic carbocycles. The van der Waals surface area contributed by atoms with Crippen molar-refractivity contribution in [2.75, 3.05) is 0 Å². The smallest absolute Gasteiger partial charge is 0.273 e. The van der Waals surface area contributed by atoms with Gasteiger partial charge < -0.3 is 0 Å². The van der Waals surface area contributed by atoms with E-state index in [0.717, 1.165) is 18.4 Å². The zero-order valence-corrected chi connectivity index (χ0v) is 12.8. The molecule has 0 bridgehead atoms. The molecule has 2 aromatic rings. The number of amides is 2. The fourth-order valence-electron chi connectivity index (χ4n) is 2.81. The molecule has 3 rings (SSSR count). The fraction of sp³-hybridized carbons (Fsp3) is 0.278. The highest BCUT2D eigenvalue weighted by atomic mass is 16.2. The van der Waals surface area contributed by atoms with Gasteiger partial charge in [0, 0.05) is 6.20 Å². The van der Waals surface area contributed by atoms with Crippen LogP contribution in [-0.4, -0.2) is 16.8 Å². The first-order valence-electron chi connectivity index (χ1n) is 7.83. The SMILES string of the molecule is O=C(Cc1ccc2c(c1)CCCC2)NNC(=O)c1ccccn1. The van der Waals surface area contributed by atoms with Crippen molar-refractivity contribution in [2.24, 2.45) is 0 Å². The minimum absolute atomic E-state index is 0.245. The summed E-state index contributed by atoms with van der Waals surface area (Å²) in [5.41, 5.74) is 8.78. The van der Waals surface area contributed by atoms with E-state index < -0.39 is 5.91 Å². The number of carbonyl (C=O) groups is 2. The van der Waals surface area contributed by atoms with Crippen LogP contribution in [0.2, 0.25) is 0 Å². The number of rotatable bonds is 3. The van der Waals surface area contributed by atoms with Gasteiger partial charge in [0.25, 0.3) is 5.91 Å². The zero-order chi connectivity index (χ0) is 16.1. The number of hydrazine groups is 1. The number of benzene rings is 1. The van der Waals surface area contributed by atoms with Crippen LogP contribution in [0, 0.1) is 0 Å². The fourth-order valence-corrected chi connectivity index (χ4v) is 2.81. The van der Waals surface area contributed by atoms with Crippen LogP contribution in [0.4, 0.5) is 0 Å². The van der Waals surface area contributed by atoms with E-state index >= 15 is 0 Å². The maximum Gasteiger partial charge on any atom is 0.288 e. The van der Waals surface area contributed by atoms with Gasteiger partial charge in [-0.2, -0.15) is 0 Å². The van der Waals surface area contributed by atoms with E-state index in [1.54, 1.807) is 18.2 Å². The molecule has 5 heteroatoms. The number of aryl methyl sites for hydroxylation is 2. The summed E-state index contributed by atoms with van der Waals surface area (Å²) in [6.45, 7) is 0. The lowest BCUT2D eigenvalue weighted by Crippen LogP contribution is -2.42. The molecule has 0 atom stereocenters. The first kappa shape index (κ1) is 15.2. The number of carbonyl (C=O) groups excluding carboxylic acids is 2. The monoisotopic (exact) mass is 309 g/mol. The van der Waals surface area contributed by atoms with Crippen molar-refractivity contribution in [1.82, 2.24) is 15.8 Å². The van der Waals surface area contributed by atoms with Crippen molar-refractivity contribution in [3.63, 3.8) is 0 Å². The lowest BCUT2D eigenvalue weighted by Gasteiger charge is -2.16. The second kappa shape index (κ2) is 7.05. The van der Waals surface area contributed by atoms with Gasteiger partial charge in [-0.15, -0.1) is 0 Å². The van der Waals surface area contributed by atoms with Gasteiger partial charge in [-0.05, 0) is 54.5 Å². The van der Waals surface area contributed by atoms with Crippen molar-refractivity contribution in [2.45, 2.75) is 32.1 Å². The Labute approximate surface area is 135 Å². The number of nitrogens with zero attached hydrogens (tertiary/aromatic N) is 1. The lowest BCUT2D eigenvalue weighted by molar-refractivity contribution is -0.121. The summed E-state index contributed by atoms with van der Waals surface area (Å²) in [5.74, 6) is -0.672. The molecule has 0 saturated carbocycles. The predicted molar refractivity (Wildman–Crippen MR) is 86.6 cm³/mol. The molecule has 0 saturated heterocycles. The topological polar surface area (TPSA) is 71.1 Å². The number of hydrogen-bond acceptors (Lipinski definition) is 3. The van der Waals surface area contributed by atoms with Crippen molar-refractivity contribution >= 4 is 11.8 Å². The van der Waals surface area contributed by atoms with Gasteiger partial charge in [-0.3, -0.25) is 25.4 Å². The number of nitrogens with one attached hydrogen (secondary N) is 2. The van der Waals surface area contributed by atoms with Crippen LogP contribution in [0.25, 0.3) is 0 Å². The van der Waals surface area contributed by atoms with Crippen LogP contribution in [-0.2, 0) is 24.1 Å². The van der Waals surface area contributed by atoms with Crippen LogP contribution in [0.3, 0.4) is 0 Å². The quantitative estimate of drug-likeness (QED) is 0.852. The van der Waals surface area contributed by atoms with Crippen LogP contribution < -0.4 is 10.9 Å². The van der Waals surface area contributed by atoms with Crippen LogP contribution in [0.5, 0.6) is 0 Å². The Hall–Kier alpha value is -2.69.